The highest BCUT2D eigenvalue weighted by atomic mass is 16.1. The van der Waals surface area contributed by atoms with Crippen molar-refractivity contribution < 1.29 is 4.79 Å². The Kier molecular flexibility index (Phi) is 7.97. The van der Waals surface area contributed by atoms with Gasteiger partial charge < -0.3 is 15.1 Å². The van der Waals surface area contributed by atoms with Crippen LogP contribution in [0.2, 0.25) is 0 Å². The third kappa shape index (κ3) is 6.28. The van der Waals surface area contributed by atoms with E-state index in [1.54, 1.807) is 12.3 Å². The van der Waals surface area contributed by atoms with E-state index in [0.29, 0.717) is 12.1 Å². The molecule has 2 fully saturated rings. The number of amides is 1. The van der Waals surface area contributed by atoms with Gasteiger partial charge in [-0.15, -0.1) is 0 Å². The summed E-state index contributed by atoms with van der Waals surface area (Å²) in [6.07, 6.45) is 3.22. The van der Waals surface area contributed by atoms with E-state index >= 15 is 0 Å². The van der Waals surface area contributed by atoms with Crippen LogP contribution in [0.15, 0.2) is 72.9 Å². The molecule has 3 heterocycles. The van der Waals surface area contributed by atoms with Crippen molar-refractivity contribution in [1.82, 2.24) is 15.2 Å². The first-order valence-electron chi connectivity index (χ1n) is 13.2. The lowest BCUT2D eigenvalue weighted by Crippen LogP contribution is -2.46. The van der Waals surface area contributed by atoms with Crippen LogP contribution in [-0.4, -0.2) is 55.1 Å². The number of nitrogens with one attached hydrogen (secondary N) is 1. The molecule has 0 radical (unpaired) electrons. The minimum absolute atomic E-state index is 0.0212. The average Bonchev–Trinajstić information content (AvgIpc) is 2.97. The Balaban J connectivity index is 1.09. The van der Waals surface area contributed by atoms with Crippen molar-refractivity contribution in [1.29, 1.82) is 5.26 Å². The largest absolute Gasteiger partial charge is 0.369 e. The minimum Gasteiger partial charge on any atom is -0.369 e. The zero-order valence-corrected chi connectivity index (χ0v) is 21.2. The van der Waals surface area contributed by atoms with Gasteiger partial charge in [-0.2, -0.15) is 5.26 Å². The monoisotopic (exact) mass is 494 g/mol. The van der Waals surface area contributed by atoms with Gasteiger partial charge >= 0.3 is 0 Å². The van der Waals surface area contributed by atoms with E-state index in [0.717, 1.165) is 64.5 Å². The SMILES string of the molecule is N#Cc1ccc(N2CCC(C(=O)NCc3ccccc3CN3CCN(c4ccccc4)CC3)CC2)nc1. The number of hydrogen-bond acceptors (Lipinski definition) is 6. The summed E-state index contributed by atoms with van der Waals surface area (Å²) in [4.78, 5) is 24.5. The first-order chi connectivity index (χ1) is 18.2. The second-order valence-electron chi connectivity index (χ2n) is 9.86. The van der Waals surface area contributed by atoms with Crippen LogP contribution in [-0.2, 0) is 17.9 Å². The number of nitriles is 1. The number of benzene rings is 2. The average molecular weight is 495 g/mol. The number of hydrogen-bond donors (Lipinski definition) is 1. The molecule has 7 heteroatoms. The summed E-state index contributed by atoms with van der Waals surface area (Å²) >= 11 is 0. The van der Waals surface area contributed by atoms with Crippen molar-refractivity contribution >= 4 is 17.4 Å². The predicted octanol–water partition coefficient (Wildman–Crippen LogP) is 3.81. The zero-order chi connectivity index (χ0) is 25.5. The minimum atomic E-state index is 0.0212. The Bertz CT molecular complexity index is 1210. The molecule has 0 unspecified atom stereocenters. The van der Waals surface area contributed by atoms with E-state index in [1.807, 2.05) is 6.07 Å². The quantitative estimate of drug-likeness (QED) is 0.538. The summed E-state index contributed by atoms with van der Waals surface area (Å²) in [6, 6.07) is 24.9. The molecule has 1 amide bonds. The van der Waals surface area contributed by atoms with Crippen molar-refractivity contribution in [2.24, 2.45) is 5.92 Å². The highest BCUT2D eigenvalue weighted by molar-refractivity contribution is 5.79. The highest BCUT2D eigenvalue weighted by Gasteiger charge is 2.26. The van der Waals surface area contributed by atoms with Crippen molar-refractivity contribution in [3.63, 3.8) is 0 Å². The van der Waals surface area contributed by atoms with Gasteiger partial charge in [-0.25, -0.2) is 4.98 Å². The van der Waals surface area contributed by atoms with Gasteiger partial charge in [-0.1, -0.05) is 42.5 Å². The Labute approximate surface area is 219 Å². The summed E-state index contributed by atoms with van der Waals surface area (Å²) in [5.74, 6) is 1.03. The van der Waals surface area contributed by atoms with Crippen molar-refractivity contribution in [3.05, 3.63) is 89.6 Å². The molecule has 1 N–H and O–H groups in total. The Morgan fingerprint density at radius 2 is 1.57 bits per heavy atom. The van der Waals surface area contributed by atoms with Crippen LogP contribution in [0.1, 0.15) is 29.5 Å². The molecule has 0 spiro atoms. The number of piperazine rings is 1. The highest BCUT2D eigenvalue weighted by Crippen LogP contribution is 2.23. The lowest BCUT2D eigenvalue weighted by Gasteiger charge is -2.36. The first kappa shape index (κ1) is 24.8. The third-order valence-electron chi connectivity index (χ3n) is 7.53. The molecule has 2 aliphatic heterocycles. The Hall–Kier alpha value is -3.89. The van der Waals surface area contributed by atoms with E-state index in [9.17, 15) is 4.79 Å². The molecule has 2 saturated heterocycles. The number of carbonyl (C=O) groups excluding carboxylic acids is 1. The number of rotatable bonds is 7. The molecule has 0 aliphatic carbocycles. The molecule has 2 aliphatic rings. The lowest BCUT2D eigenvalue weighted by atomic mass is 9.95. The number of nitrogens with zero attached hydrogens (tertiary/aromatic N) is 5. The van der Waals surface area contributed by atoms with Gasteiger partial charge in [0.2, 0.25) is 5.91 Å². The fourth-order valence-corrected chi connectivity index (χ4v) is 5.26. The second-order valence-corrected chi connectivity index (χ2v) is 9.86. The zero-order valence-electron chi connectivity index (χ0n) is 21.2. The van der Waals surface area contributed by atoms with Gasteiger partial charge in [0.15, 0.2) is 0 Å². The first-order valence-corrected chi connectivity index (χ1v) is 13.2. The molecular weight excluding hydrogens is 460 g/mol. The normalized spacial score (nSPS) is 16.8. The Morgan fingerprint density at radius 1 is 0.865 bits per heavy atom. The maximum absolute atomic E-state index is 13.0. The van der Waals surface area contributed by atoms with Gasteiger partial charge in [0, 0.05) is 70.2 Å². The Morgan fingerprint density at radius 3 is 2.24 bits per heavy atom. The summed E-state index contributed by atoms with van der Waals surface area (Å²) in [6.45, 7) is 7.18. The predicted molar refractivity (Wildman–Crippen MR) is 146 cm³/mol. The fourth-order valence-electron chi connectivity index (χ4n) is 5.26. The van der Waals surface area contributed by atoms with Crippen LogP contribution >= 0.6 is 0 Å². The van der Waals surface area contributed by atoms with Crippen molar-refractivity contribution in [2.45, 2.75) is 25.9 Å². The lowest BCUT2D eigenvalue weighted by molar-refractivity contribution is -0.125. The van der Waals surface area contributed by atoms with Crippen molar-refractivity contribution in [3.8, 4) is 6.07 Å². The van der Waals surface area contributed by atoms with Gasteiger partial charge in [0.05, 0.1) is 5.56 Å². The standard InChI is InChI=1S/C30H34N6O/c31-20-24-10-11-29(32-21-24)36-14-12-25(13-15-36)30(37)33-22-26-6-4-5-7-27(26)23-34-16-18-35(19-17-34)28-8-2-1-3-9-28/h1-11,21,25H,12-19,22-23H2,(H,33,37). The van der Waals surface area contributed by atoms with E-state index in [2.05, 4.69) is 85.7 Å². The summed E-state index contributed by atoms with van der Waals surface area (Å²) in [5, 5.41) is 12.2. The number of anilines is 2. The molecular formula is C30H34N6O. The van der Waals surface area contributed by atoms with Gasteiger partial charge in [-0.05, 0) is 48.2 Å². The van der Waals surface area contributed by atoms with E-state index < -0.39 is 0 Å². The summed E-state index contributed by atoms with van der Waals surface area (Å²) < 4.78 is 0. The van der Waals surface area contributed by atoms with Gasteiger partial charge in [0.25, 0.3) is 0 Å². The topological polar surface area (TPSA) is 75.5 Å². The van der Waals surface area contributed by atoms with Crippen LogP contribution in [0, 0.1) is 17.2 Å². The van der Waals surface area contributed by atoms with Gasteiger partial charge in [0.1, 0.15) is 11.9 Å². The number of para-hydroxylation sites is 1. The molecule has 1 aromatic heterocycles. The summed E-state index contributed by atoms with van der Waals surface area (Å²) in [5.41, 5.74) is 4.34. The van der Waals surface area contributed by atoms with Crippen LogP contribution in [0.3, 0.4) is 0 Å². The van der Waals surface area contributed by atoms with Gasteiger partial charge in [-0.3, -0.25) is 9.69 Å². The molecule has 3 aromatic rings. The molecule has 2 aromatic carbocycles. The molecule has 0 saturated carbocycles. The number of pyridine rings is 1. The fraction of sp³-hybridized carbons (Fsp3) is 0.367. The van der Waals surface area contributed by atoms with Crippen molar-refractivity contribution in [2.75, 3.05) is 49.1 Å². The van der Waals surface area contributed by atoms with Crippen LogP contribution < -0.4 is 15.1 Å². The number of aromatic nitrogens is 1. The maximum Gasteiger partial charge on any atom is 0.223 e. The maximum atomic E-state index is 13.0. The molecule has 0 bridgehead atoms. The molecule has 37 heavy (non-hydrogen) atoms. The smallest absolute Gasteiger partial charge is 0.223 e. The van der Waals surface area contributed by atoms with E-state index in [1.165, 1.54) is 16.8 Å². The molecule has 5 rings (SSSR count). The molecule has 7 nitrogen and oxygen atoms in total. The van der Waals surface area contributed by atoms with Crippen LogP contribution in [0.4, 0.5) is 11.5 Å². The van der Waals surface area contributed by atoms with E-state index in [4.69, 9.17) is 5.26 Å². The number of piperidine rings is 1. The van der Waals surface area contributed by atoms with Crippen LogP contribution in [0.25, 0.3) is 0 Å². The molecule has 190 valence electrons. The second kappa shape index (κ2) is 11.9. The number of carbonyl (C=O) groups is 1. The van der Waals surface area contributed by atoms with Crippen LogP contribution in [0.5, 0.6) is 0 Å². The summed E-state index contributed by atoms with van der Waals surface area (Å²) in [7, 11) is 0. The van der Waals surface area contributed by atoms with E-state index in [-0.39, 0.29) is 11.8 Å². The molecule has 0 atom stereocenters. The third-order valence-corrected chi connectivity index (χ3v) is 7.53.